The van der Waals surface area contributed by atoms with E-state index in [-0.39, 0.29) is 39.3 Å². The van der Waals surface area contributed by atoms with E-state index in [9.17, 15) is 0 Å². The standard InChI is InChI=1S/C21H25.C15H8Cl6.C5H5.2ClH.Zr/c1-20(2,3)16-9-7-14-11-15-8-10-17(21(4,5)6)13-19(15)18(14)12-16;16-14(17,18)12-5-1-10(2-6-12)9-11-3-7-13(8-4-11)15(19,20)21;1-2-4-5-3-1;;;/h7-13H,1-6H3;1-8H;1-3H,4H2;2*1H;/q;;;;;+2/p-2. The van der Waals surface area contributed by atoms with Crippen molar-refractivity contribution >= 4 is 72.8 Å². The van der Waals surface area contributed by atoms with Gasteiger partial charge in [0.25, 0.3) is 0 Å². The molecule has 0 aromatic heterocycles. The number of alkyl halides is 6. The summed E-state index contributed by atoms with van der Waals surface area (Å²) in [5.41, 5.74) is 11.8. The Balaban J connectivity index is 0.00000281. The van der Waals surface area contributed by atoms with Crippen molar-refractivity contribution in [3.05, 3.63) is 151 Å². The van der Waals surface area contributed by atoms with Crippen LogP contribution in [-0.4, -0.2) is 3.21 Å². The van der Waals surface area contributed by atoms with Gasteiger partial charge in [0.05, 0.1) is 0 Å². The van der Waals surface area contributed by atoms with Crippen molar-refractivity contribution in [1.82, 2.24) is 0 Å². The van der Waals surface area contributed by atoms with Gasteiger partial charge in [-0.1, -0.05) is 0 Å². The Bertz CT molecular complexity index is 1840. The molecule has 2 aliphatic rings. The van der Waals surface area contributed by atoms with E-state index in [0.717, 1.165) is 17.5 Å². The van der Waals surface area contributed by atoms with Gasteiger partial charge in [-0.05, 0) is 0 Å². The molecule has 0 saturated heterocycles. The Morgan fingerprint density at radius 2 is 0.940 bits per heavy atom. The van der Waals surface area contributed by atoms with Gasteiger partial charge < -0.3 is 24.8 Å². The summed E-state index contributed by atoms with van der Waals surface area (Å²) >= 11 is 35.0. The molecule has 0 unspecified atom stereocenters. The molecule has 0 heterocycles. The molecule has 6 rings (SSSR count). The first-order valence-corrected chi connectivity index (χ1v) is 22.2. The molecule has 2 aliphatic carbocycles. The number of rotatable bonds is 4. The normalized spacial score (nSPS) is 14.2. The van der Waals surface area contributed by atoms with Gasteiger partial charge in [0.2, 0.25) is 0 Å². The van der Waals surface area contributed by atoms with Crippen LogP contribution in [0.5, 0.6) is 0 Å². The quantitative estimate of drug-likeness (QED) is 0.184. The SMILES string of the molecule is CC(C)(C)c1ccc2c(c1)-c1cc(C(C)(C)C)ccc1[CH]2[Zr+2]([C]1=CC=CC1)=[C](c1ccc(C(Cl)(Cl)Cl)cc1)c1ccc(C(Cl)(Cl)Cl)cc1.[Cl-].[Cl-]. The minimum absolute atomic E-state index is 0. The third-order valence-electron chi connectivity index (χ3n) is 9.43. The van der Waals surface area contributed by atoms with E-state index in [1.807, 2.05) is 24.3 Å². The molecule has 4 aromatic carbocycles. The molecule has 4 aromatic rings. The zero-order valence-corrected chi connectivity index (χ0v) is 37.1. The Kier molecular flexibility index (Phi) is 13.2. The summed E-state index contributed by atoms with van der Waals surface area (Å²) in [6, 6.07) is 30.6. The van der Waals surface area contributed by atoms with Gasteiger partial charge in [0.1, 0.15) is 0 Å². The molecule has 0 aliphatic heterocycles. The largest absolute Gasteiger partial charge is 1.00 e. The predicted molar refractivity (Wildman–Crippen MR) is 208 cm³/mol. The number of allylic oxidation sites excluding steroid dienone is 4. The molecular weight excluding hydrogens is 867 g/mol. The number of halogens is 8. The molecule has 0 saturated carbocycles. The Hall–Kier alpha value is -0.567. The number of fused-ring (bicyclic) bond motifs is 3. The van der Waals surface area contributed by atoms with Gasteiger partial charge in [0, 0.05) is 0 Å². The van der Waals surface area contributed by atoms with Gasteiger partial charge in [-0.3, -0.25) is 0 Å². The maximum Gasteiger partial charge on any atom is -1.00 e. The van der Waals surface area contributed by atoms with Crippen LogP contribution in [0.2, 0.25) is 0 Å². The van der Waals surface area contributed by atoms with Crippen molar-refractivity contribution in [2.45, 2.75) is 70.0 Å². The van der Waals surface area contributed by atoms with Gasteiger partial charge in [0.15, 0.2) is 0 Å². The molecule has 0 amide bonds. The van der Waals surface area contributed by atoms with Crippen molar-refractivity contribution < 1.29 is 46.1 Å². The smallest absolute Gasteiger partial charge is 1.00 e. The maximum absolute atomic E-state index is 6.32. The number of hydrogen-bond acceptors (Lipinski definition) is 0. The van der Waals surface area contributed by atoms with Crippen molar-refractivity contribution in [3.63, 3.8) is 0 Å². The van der Waals surface area contributed by atoms with Crippen LogP contribution in [0.25, 0.3) is 11.1 Å². The fourth-order valence-electron chi connectivity index (χ4n) is 6.76. The number of hydrogen-bond donors (Lipinski definition) is 0. The fraction of sp³-hybridized carbons (Fsp3) is 0.293. The van der Waals surface area contributed by atoms with Gasteiger partial charge >= 0.3 is 326 Å². The van der Waals surface area contributed by atoms with Crippen LogP contribution < -0.4 is 24.8 Å². The zero-order valence-electron chi connectivity index (χ0n) is 28.6. The topological polar surface area (TPSA) is 0 Å². The van der Waals surface area contributed by atoms with E-state index < -0.39 is 28.9 Å². The van der Waals surface area contributed by atoms with Gasteiger partial charge in [-0.15, -0.1) is 0 Å². The molecule has 0 fully saturated rings. The third kappa shape index (κ3) is 8.70. The summed E-state index contributed by atoms with van der Waals surface area (Å²) in [7, 11) is 0. The fourth-order valence-corrected chi connectivity index (χ4v) is 16.5. The Morgan fingerprint density at radius 3 is 1.26 bits per heavy atom. The van der Waals surface area contributed by atoms with Crippen molar-refractivity contribution in [2.24, 2.45) is 0 Å². The van der Waals surface area contributed by atoms with E-state index in [0.29, 0.717) is 11.1 Å². The van der Waals surface area contributed by atoms with Crippen LogP contribution in [0.1, 0.15) is 96.1 Å². The molecule has 0 atom stereocenters. The molecule has 0 nitrogen and oxygen atoms in total. The van der Waals surface area contributed by atoms with E-state index in [1.54, 1.807) is 0 Å². The first kappa shape index (κ1) is 42.2. The first-order chi connectivity index (χ1) is 22.3. The second kappa shape index (κ2) is 15.7. The molecular formula is C41H38Cl8Zr. The van der Waals surface area contributed by atoms with Gasteiger partial charge in [-0.25, -0.2) is 0 Å². The Labute approximate surface area is 347 Å². The third-order valence-corrected chi connectivity index (χ3v) is 19.0. The predicted octanol–water partition coefficient (Wildman–Crippen LogP) is 7.74. The molecule has 262 valence electrons. The summed E-state index contributed by atoms with van der Waals surface area (Å²) in [6.45, 7) is 13.7. The van der Waals surface area contributed by atoms with Crippen molar-refractivity contribution in [3.8, 4) is 11.1 Å². The van der Waals surface area contributed by atoms with E-state index in [1.165, 1.54) is 39.9 Å². The van der Waals surface area contributed by atoms with E-state index in [4.69, 9.17) is 69.6 Å². The second-order valence-electron chi connectivity index (χ2n) is 14.8. The van der Waals surface area contributed by atoms with Crippen molar-refractivity contribution in [1.29, 1.82) is 0 Å². The average molecular weight is 906 g/mol. The van der Waals surface area contributed by atoms with Crippen LogP contribution in [-0.2, 0) is 39.7 Å². The van der Waals surface area contributed by atoms with Crippen LogP contribution >= 0.6 is 69.6 Å². The van der Waals surface area contributed by atoms with E-state index in [2.05, 4.69) is 120 Å². The second-order valence-corrected chi connectivity index (χ2v) is 25.6. The summed E-state index contributed by atoms with van der Waals surface area (Å²) < 4.78 is 0.128. The van der Waals surface area contributed by atoms with Crippen molar-refractivity contribution in [2.75, 3.05) is 0 Å². The molecule has 9 heteroatoms. The minimum atomic E-state index is -2.96. The average Bonchev–Trinajstić information content (AvgIpc) is 3.65. The first-order valence-electron chi connectivity index (χ1n) is 16.1. The minimum Gasteiger partial charge on any atom is -1.00 e. The zero-order chi connectivity index (χ0) is 34.8. The van der Waals surface area contributed by atoms with E-state index >= 15 is 0 Å². The summed E-state index contributed by atoms with van der Waals surface area (Å²) in [5.74, 6) is 0. The summed E-state index contributed by atoms with van der Waals surface area (Å²) in [5, 5.41) is 0. The molecule has 0 radical (unpaired) electrons. The number of benzene rings is 4. The molecule has 0 N–H and O–H groups in total. The molecule has 50 heavy (non-hydrogen) atoms. The Morgan fingerprint density at radius 1 is 0.560 bits per heavy atom. The van der Waals surface area contributed by atoms with Crippen LogP contribution in [0.4, 0.5) is 0 Å². The van der Waals surface area contributed by atoms with Crippen LogP contribution in [0, 0.1) is 0 Å². The monoisotopic (exact) mass is 900 g/mol. The molecule has 0 spiro atoms. The van der Waals surface area contributed by atoms with Gasteiger partial charge in [-0.2, -0.15) is 0 Å². The van der Waals surface area contributed by atoms with Crippen LogP contribution in [0.15, 0.2) is 106 Å². The summed E-state index contributed by atoms with van der Waals surface area (Å²) in [4.78, 5) is 0. The maximum atomic E-state index is 6.32. The summed E-state index contributed by atoms with van der Waals surface area (Å²) in [6.07, 6.45) is 7.81. The molecule has 0 bridgehead atoms. The van der Waals surface area contributed by atoms with Crippen LogP contribution in [0.3, 0.4) is 0 Å².